The molecule has 136 valence electrons. The van der Waals surface area contributed by atoms with Gasteiger partial charge in [0.2, 0.25) is 0 Å². The molecule has 5 nitrogen and oxygen atoms in total. The Morgan fingerprint density at radius 2 is 1.92 bits per heavy atom. The Hall–Kier alpha value is -0.860. The molecule has 1 aliphatic carbocycles. The topological polar surface area (TPSA) is 40.1 Å². The van der Waals surface area contributed by atoms with Crippen molar-refractivity contribution in [3.63, 3.8) is 0 Å². The molecule has 1 fully saturated rings. The molecule has 0 saturated heterocycles. The molecule has 0 aliphatic heterocycles. The molecule has 1 aromatic rings. The molecule has 1 aliphatic rings. The molecule has 0 radical (unpaired) electrons. The van der Waals surface area contributed by atoms with E-state index in [1.165, 1.54) is 18.4 Å². The van der Waals surface area contributed by atoms with Gasteiger partial charge in [0.15, 0.2) is 5.96 Å². The molecule has 0 spiro atoms. The number of halogens is 1. The van der Waals surface area contributed by atoms with Crippen LogP contribution in [0.1, 0.15) is 18.4 Å². The SMILES string of the molecule is COCCN(CCNC(=NCc1ccccc1)N(C)C)C1CC1.I. The normalized spacial score (nSPS) is 14.4. The van der Waals surface area contributed by atoms with E-state index in [1.807, 2.05) is 25.1 Å². The first-order valence-electron chi connectivity index (χ1n) is 8.43. The molecule has 0 atom stereocenters. The van der Waals surface area contributed by atoms with Crippen molar-refractivity contribution in [2.75, 3.05) is 47.4 Å². The predicted octanol–water partition coefficient (Wildman–Crippen LogP) is 2.42. The quantitative estimate of drug-likeness (QED) is 0.360. The molecule has 1 saturated carbocycles. The second-order valence-corrected chi connectivity index (χ2v) is 6.21. The molecule has 1 aromatic carbocycles. The number of hydrogen-bond donors (Lipinski definition) is 1. The molecular weight excluding hydrogens is 415 g/mol. The van der Waals surface area contributed by atoms with Crippen LogP contribution in [0.3, 0.4) is 0 Å². The smallest absolute Gasteiger partial charge is 0.193 e. The molecule has 2 rings (SSSR count). The zero-order valence-corrected chi connectivity index (χ0v) is 17.4. The van der Waals surface area contributed by atoms with Gasteiger partial charge in [-0.05, 0) is 18.4 Å². The number of benzene rings is 1. The van der Waals surface area contributed by atoms with Gasteiger partial charge in [-0.1, -0.05) is 30.3 Å². The van der Waals surface area contributed by atoms with Gasteiger partial charge >= 0.3 is 0 Å². The number of guanidine groups is 1. The van der Waals surface area contributed by atoms with Crippen molar-refractivity contribution >= 4 is 29.9 Å². The van der Waals surface area contributed by atoms with Gasteiger partial charge in [-0.15, -0.1) is 24.0 Å². The van der Waals surface area contributed by atoms with Gasteiger partial charge in [0.05, 0.1) is 13.2 Å². The van der Waals surface area contributed by atoms with Crippen LogP contribution >= 0.6 is 24.0 Å². The van der Waals surface area contributed by atoms with E-state index >= 15 is 0 Å². The summed E-state index contributed by atoms with van der Waals surface area (Å²) < 4.78 is 5.21. The van der Waals surface area contributed by atoms with Crippen molar-refractivity contribution in [3.05, 3.63) is 35.9 Å². The second-order valence-electron chi connectivity index (χ2n) is 6.21. The Morgan fingerprint density at radius 1 is 1.21 bits per heavy atom. The molecule has 0 heterocycles. The molecule has 0 unspecified atom stereocenters. The molecular formula is C18H31IN4O. The van der Waals surface area contributed by atoms with Gasteiger partial charge in [-0.25, -0.2) is 4.99 Å². The van der Waals surface area contributed by atoms with Gasteiger partial charge in [0.25, 0.3) is 0 Å². The van der Waals surface area contributed by atoms with Crippen molar-refractivity contribution < 1.29 is 4.74 Å². The fourth-order valence-corrected chi connectivity index (χ4v) is 2.54. The number of hydrogen-bond acceptors (Lipinski definition) is 3. The first kappa shape index (κ1) is 21.2. The minimum absolute atomic E-state index is 0. The number of aliphatic imine (C=N–C) groups is 1. The van der Waals surface area contributed by atoms with Crippen LogP contribution in [0.15, 0.2) is 35.3 Å². The van der Waals surface area contributed by atoms with Crippen LogP contribution < -0.4 is 5.32 Å². The summed E-state index contributed by atoms with van der Waals surface area (Å²) in [7, 11) is 5.82. The highest BCUT2D eigenvalue weighted by Gasteiger charge is 2.28. The highest BCUT2D eigenvalue weighted by molar-refractivity contribution is 14.0. The maximum atomic E-state index is 5.21. The summed E-state index contributed by atoms with van der Waals surface area (Å²) in [5.74, 6) is 0.941. The summed E-state index contributed by atoms with van der Waals surface area (Å²) in [6.45, 7) is 4.47. The predicted molar refractivity (Wildman–Crippen MR) is 111 cm³/mol. The summed E-state index contributed by atoms with van der Waals surface area (Å²) in [4.78, 5) is 9.26. The largest absolute Gasteiger partial charge is 0.383 e. The summed E-state index contributed by atoms with van der Waals surface area (Å²) in [6, 6.07) is 11.1. The van der Waals surface area contributed by atoms with E-state index in [1.54, 1.807) is 7.11 Å². The van der Waals surface area contributed by atoms with Gasteiger partial charge < -0.3 is 15.0 Å². The third-order valence-electron chi connectivity index (χ3n) is 4.01. The Morgan fingerprint density at radius 3 is 2.50 bits per heavy atom. The summed E-state index contributed by atoms with van der Waals surface area (Å²) in [5.41, 5.74) is 1.23. The fraction of sp³-hybridized carbons (Fsp3) is 0.611. The van der Waals surface area contributed by atoms with E-state index in [0.717, 1.165) is 38.2 Å². The third-order valence-corrected chi connectivity index (χ3v) is 4.01. The lowest BCUT2D eigenvalue weighted by molar-refractivity contribution is 0.144. The third kappa shape index (κ3) is 7.81. The Bertz CT molecular complexity index is 477. The minimum Gasteiger partial charge on any atom is -0.383 e. The van der Waals surface area contributed by atoms with Crippen molar-refractivity contribution in [1.82, 2.24) is 15.1 Å². The number of rotatable bonds is 9. The summed E-state index contributed by atoms with van der Waals surface area (Å²) in [6.07, 6.45) is 2.65. The Balaban J connectivity index is 0.00000288. The van der Waals surface area contributed by atoms with E-state index in [0.29, 0.717) is 6.54 Å². The lowest BCUT2D eigenvalue weighted by Gasteiger charge is -2.23. The molecule has 1 N–H and O–H groups in total. The lowest BCUT2D eigenvalue weighted by Crippen LogP contribution is -2.42. The maximum Gasteiger partial charge on any atom is 0.193 e. The average molecular weight is 446 g/mol. The van der Waals surface area contributed by atoms with Gasteiger partial charge in [0, 0.05) is 46.9 Å². The van der Waals surface area contributed by atoms with Crippen LogP contribution in [0, 0.1) is 0 Å². The van der Waals surface area contributed by atoms with E-state index < -0.39 is 0 Å². The van der Waals surface area contributed by atoms with Crippen LogP contribution in [0.4, 0.5) is 0 Å². The zero-order chi connectivity index (χ0) is 16.5. The van der Waals surface area contributed by atoms with E-state index in [9.17, 15) is 0 Å². The van der Waals surface area contributed by atoms with E-state index in [-0.39, 0.29) is 24.0 Å². The number of nitrogens with one attached hydrogen (secondary N) is 1. The van der Waals surface area contributed by atoms with Gasteiger partial charge in [0.1, 0.15) is 0 Å². The van der Waals surface area contributed by atoms with Crippen molar-refractivity contribution in [2.24, 2.45) is 4.99 Å². The average Bonchev–Trinajstić information content (AvgIpc) is 3.39. The zero-order valence-electron chi connectivity index (χ0n) is 15.1. The van der Waals surface area contributed by atoms with Crippen molar-refractivity contribution in [2.45, 2.75) is 25.4 Å². The van der Waals surface area contributed by atoms with Crippen LogP contribution in [0.5, 0.6) is 0 Å². The second kappa shape index (κ2) is 11.7. The Labute approximate surface area is 163 Å². The van der Waals surface area contributed by atoms with Gasteiger partial charge in [-0.2, -0.15) is 0 Å². The van der Waals surface area contributed by atoms with Crippen molar-refractivity contribution in [3.8, 4) is 0 Å². The molecule has 6 heteroatoms. The highest BCUT2D eigenvalue weighted by Crippen LogP contribution is 2.25. The number of methoxy groups -OCH3 is 1. The maximum absolute atomic E-state index is 5.21. The van der Waals surface area contributed by atoms with E-state index in [2.05, 4.69) is 34.5 Å². The molecule has 0 bridgehead atoms. The highest BCUT2D eigenvalue weighted by atomic mass is 127. The first-order chi connectivity index (χ1) is 11.2. The van der Waals surface area contributed by atoms with Crippen molar-refractivity contribution in [1.29, 1.82) is 0 Å². The molecule has 24 heavy (non-hydrogen) atoms. The van der Waals surface area contributed by atoms with Crippen LogP contribution in [0.2, 0.25) is 0 Å². The number of nitrogens with zero attached hydrogens (tertiary/aromatic N) is 3. The monoisotopic (exact) mass is 446 g/mol. The minimum atomic E-state index is 0. The summed E-state index contributed by atoms with van der Waals surface area (Å²) in [5, 5.41) is 3.47. The molecule has 0 aromatic heterocycles. The standard InChI is InChI=1S/C18H30N4O.HI/c1-21(2)18(20-15-16-7-5-4-6-8-16)19-11-12-22(13-14-23-3)17-9-10-17;/h4-8,17H,9-15H2,1-3H3,(H,19,20);1H. The van der Waals surface area contributed by atoms with E-state index in [4.69, 9.17) is 9.73 Å². The van der Waals surface area contributed by atoms with Crippen LogP contribution in [-0.4, -0.2) is 69.2 Å². The lowest BCUT2D eigenvalue weighted by atomic mass is 10.2. The van der Waals surface area contributed by atoms with Crippen LogP contribution in [-0.2, 0) is 11.3 Å². The Kier molecular flexibility index (Phi) is 10.3. The fourth-order valence-electron chi connectivity index (χ4n) is 2.54. The number of ether oxygens (including phenoxy) is 1. The summed E-state index contributed by atoms with van der Waals surface area (Å²) >= 11 is 0. The van der Waals surface area contributed by atoms with Crippen LogP contribution in [0.25, 0.3) is 0 Å². The first-order valence-corrected chi connectivity index (χ1v) is 8.43. The molecule has 0 amide bonds. The van der Waals surface area contributed by atoms with Gasteiger partial charge in [-0.3, -0.25) is 4.90 Å².